The molecule has 0 N–H and O–H groups in total. The number of hydrogen-bond acceptors (Lipinski definition) is 3. The van der Waals surface area contributed by atoms with Gasteiger partial charge >= 0.3 is 0 Å². The first-order valence-corrected chi connectivity index (χ1v) is 8.82. The van der Waals surface area contributed by atoms with Crippen molar-refractivity contribution < 1.29 is 14.3 Å². The first-order valence-electron chi connectivity index (χ1n) is 8.44. The first-order chi connectivity index (χ1) is 12.0. The molecule has 1 fully saturated rings. The van der Waals surface area contributed by atoms with Crippen LogP contribution in [0.5, 0.6) is 5.75 Å². The summed E-state index contributed by atoms with van der Waals surface area (Å²) < 4.78 is 11.8. The van der Waals surface area contributed by atoms with E-state index in [-0.39, 0.29) is 18.1 Å². The van der Waals surface area contributed by atoms with Gasteiger partial charge in [0.05, 0.1) is 12.6 Å². The van der Waals surface area contributed by atoms with E-state index < -0.39 is 6.10 Å². The molecule has 1 aliphatic heterocycles. The molecule has 0 saturated carbocycles. The number of benzene rings is 2. The number of hydrogen-bond donors (Lipinski definition) is 0. The van der Waals surface area contributed by atoms with Crippen molar-refractivity contribution in [2.45, 2.75) is 32.2 Å². The molecule has 0 bridgehead atoms. The quantitative estimate of drug-likeness (QED) is 0.825. The molecule has 0 aliphatic carbocycles. The van der Waals surface area contributed by atoms with E-state index in [1.807, 2.05) is 42.2 Å². The largest absolute Gasteiger partial charge is 0.481 e. The minimum absolute atomic E-state index is 0.0226. The summed E-state index contributed by atoms with van der Waals surface area (Å²) in [5.41, 5.74) is 1.08. The Morgan fingerprint density at radius 3 is 2.52 bits per heavy atom. The van der Waals surface area contributed by atoms with Crippen LogP contribution >= 0.6 is 11.6 Å². The van der Waals surface area contributed by atoms with Crippen LogP contribution in [0.25, 0.3) is 0 Å². The number of amides is 1. The molecule has 1 amide bonds. The van der Waals surface area contributed by atoms with E-state index >= 15 is 0 Å². The number of rotatable bonds is 4. The summed E-state index contributed by atoms with van der Waals surface area (Å²) in [4.78, 5) is 14.6. The zero-order chi connectivity index (χ0) is 17.8. The molecular weight excluding hydrogens is 338 g/mol. The Kier molecular flexibility index (Phi) is 5.61. The second-order valence-electron chi connectivity index (χ2n) is 6.30. The van der Waals surface area contributed by atoms with E-state index in [1.165, 1.54) is 0 Å². The molecular formula is C20H22ClNO3. The van der Waals surface area contributed by atoms with Crippen LogP contribution in [0.3, 0.4) is 0 Å². The summed E-state index contributed by atoms with van der Waals surface area (Å²) >= 11 is 5.88. The van der Waals surface area contributed by atoms with Gasteiger partial charge in [0, 0.05) is 11.6 Å². The second-order valence-corrected chi connectivity index (χ2v) is 6.74. The Labute approximate surface area is 153 Å². The number of carbonyl (C=O) groups excluding carboxylic acids is 1. The maximum atomic E-state index is 12.8. The Morgan fingerprint density at radius 1 is 1.16 bits per heavy atom. The predicted molar refractivity (Wildman–Crippen MR) is 97.9 cm³/mol. The van der Waals surface area contributed by atoms with Gasteiger partial charge in [-0.15, -0.1) is 0 Å². The molecule has 3 unspecified atom stereocenters. The second kappa shape index (κ2) is 7.89. The van der Waals surface area contributed by atoms with Crippen molar-refractivity contribution in [2.24, 2.45) is 0 Å². The zero-order valence-electron chi connectivity index (χ0n) is 14.4. The lowest BCUT2D eigenvalue weighted by atomic mass is 10.1. The molecule has 1 saturated heterocycles. The molecule has 1 aliphatic rings. The highest BCUT2D eigenvalue weighted by molar-refractivity contribution is 6.30. The van der Waals surface area contributed by atoms with E-state index in [1.54, 1.807) is 31.2 Å². The van der Waals surface area contributed by atoms with Gasteiger partial charge in [0.15, 0.2) is 6.10 Å². The van der Waals surface area contributed by atoms with Crippen molar-refractivity contribution >= 4 is 17.5 Å². The summed E-state index contributed by atoms with van der Waals surface area (Å²) in [6, 6.07) is 17.0. The van der Waals surface area contributed by atoms with Crippen LogP contribution in [0, 0.1) is 0 Å². The van der Waals surface area contributed by atoms with Crippen LogP contribution in [0.1, 0.15) is 25.5 Å². The maximum Gasteiger partial charge on any atom is 0.263 e. The molecule has 0 aromatic heterocycles. The summed E-state index contributed by atoms with van der Waals surface area (Å²) in [6.45, 7) is 4.85. The van der Waals surface area contributed by atoms with Crippen LogP contribution in [-0.4, -0.2) is 36.1 Å². The van der Waals surface area contributed by atoms with Crippen molar-refractivity contribution in [1.82, 2.24) is 4.90 Å². The fourth-order valence-corrected chi connectivity index (χ4v) is 3.13. The molecule has 0 radical (unpaired) electrons. The molecule has 5 heteroatoms. The summed E-state index contributed by atoms with van der Waals surface area (Å²) in [6.07, 6.45) is -0.704. The van der Waals surface area contributed by atoms with Gasteiger partial charge in [-0.05, 0) is 43.7 Å². The lowest BCUT2D eigenvalue weighted by Crippen LogP contribution is -2.50. The van der Waals surface area contributed by atoms with Gasteiger partial charge in [-0.1, -0.05) is 41.9 Å². The third-order valence-electron chi connectivity index (χ3n) is 4.22. The highest BCUT2D eigenvalue weighted by Crippen LogP contribution is 2.26. The number of halogens is 1. The Bertz CT molecular complexity index is 705. The molecule has 1 heterocycles. The van der Waals surface area contributed by atoms with Gasteiger partial charge in [-0.3, -0.25) is 4.79 Å². The van der Waals surface area contributed by atoms with Crippen molar-refractivity contribution in [1.29, 1.82) is 0 Å². The van der Waals surface area contributed by atoms with Crippen LogP contribution < -0.4 is 4.74 Å². The van der Waals surface area contributed by atoms with Crippen LogP contribution in [-0.2, 0) is 9.53 Å². The number of ether oxygens (including phenoxy) is 2. The third-order valence-corrected chi connectivity index (χ3v) is 4.47. The lowest BCUT2D eigenvalue weighted by Gasteiger charge is -2.38. The minimum atomic E-state index is -0.567. The maximum absolute atomic E-state index is 12.8. The first kappa shape index (κ1) is 17.8. The lowest BCUT2D eigenvalue weighted by molar-refractivity contribution is -0.151. The van der Waals surface area contributed by atoms with Gasteiger partial charge in [0.25, 0.3) is 5.91 Å². The van der Waals surface area contributed by atoms with Crippen molar-refractivity contribution in [3.63, 3.8) is 0 Å². The smallest absolute Gasteiger partial charge is 0.263 e. The van der Waals surface area contributed by atoms with Gasteiger partial charge in [-0.2, -0.15) is 0 Å². The van der Waals surface area contributed by atoms with Gasteiger partial charge in [0.2, 0.25) is 0 Å². The van der Waals surface area contributed by atoms with Crippen LogP contribution in [0.4, 0.5) is 0 Å². The molecule has 4 nitrogen and oxygen atoms in total. The molecule has 2 aromatic rings. The van der Waals surface area contributed by atoms with Crippen molar-refractivity contribution in [3.8, 4) is 5.75 Å². The average Bonchev–Trinajstić information content (AvgIpc) is 2.63. The normalized spacial score (nSPS) is 21.6. The molecule has 132 valence electrons. The van der Waals surface area contributed by atoms with E-state index in [2.05, 4.69) is 0 Å². The summed E-state index contributed by atoms with van der Waals surface area (Å²) in [5.74, 6) is 0.595. The predicted octanol–water partition coefficient (Wildman–Crippen LogP) is 4.10. The number of morpholine rings is 1. The van der Waals surface area contributed by atoms with Gasteiger partial charge in [0.1, 0.15) is 11.9 Å². The Hall–Kier alpha value is -2.04. The van der Waals surface area contributed by atoms with E-state index in [4.69, 9.17) is 21.1 Å². The van der Waals surface area contributed by atoms with Gasteiger partial charge < -0.3 is 14.4 Å². The Balaban J connectivity index is 1.66. The Morgan fingerprint density at radius 2 is 1.84 bits per heavy atom. The standard InChI is InChI=1S/C20H22ClNO3/c1-14-12-22(13-19(24-14)16-6-4-3-5-7-16)20(23)15(2)25-18-10-8-17(21)9-11-18/h3-11,14-15,19H,12-13H2,1-2H3. The monoisotopic (exact) mass is 359 g/mol. The minimum Gasteiger partial charge on any atom is -0.481 e. The molecule has 25 heavy (non-hydrogen) atoms. The number of carbonyl (C=O) groups is 1. The number of nitrogens with zero attached hydrogens (tertiary/aromatic N) is 1. The van der Waals surface area contributed by atoms with E-state index in [0.717, 1.165) is 5.56 Å². The highest BCUT2D eigenvalue weighted by Gasteiger charge is 2.32. The summed E-state index contributed by atoms with van der Waals surface area (Å²) in [5, 5.41) is 0.638. The fraction of sp³-hybridized carbons (Fsp3) is 0.350. The van der Waals surface area contributed by atoms with Crippen molar-refractivity contribution in [2.75, 3.05) is 13.1 Å². The highest BCUT2D eigenvalue weighted by atomic mass is 35.5. The van der Waals surface area contributed by atoms with Crippen LogP contribution in [0.2, 0.25) is 5.02 Å². The topological polar surface area (TPSA) is 38.8 Å². The van der Waals surface area contributed by atoms with Crippen molar-refractivity contribution in [3.05, 3.63) is 65.2 Å². The van der Waals surface area contributed by atoms with Gasteiger partial charge in [-0.25, -0.2) is 0 Å². The molecule has 2 aromatic carbocycles. The van der Waals surface area contributed by atoms with E-state index in [9.17, 15) is 4.79 Å². The third kappa shape index (κ3) is 4.53. The molecule has 3 rings (SSSR count). The zero-order valence-corrected chi connectivity index (χ0v) is 15.1. The average molecular weight is 360 g/mol. The SMILES string of the molecule is CC1CN(C(=O)C(C)Oc2ccc(Cl)cc2)CC(c2ccccc2)O1. The van der Waals surface area contributed by atoms with E-state index in [0.29, 0.717) is 23.9 Å². The van der Waals surface area contributed by atoms with Crippen LogP contribution in [0.15, 0.2) is 54.6 Å². The fourth-order valence-electron chi connectivity index (χ4n) is 3.01. The molecule has 3 atom stereocenters. The molecule has 0 spiro atoms. The summed E-state index contributed by atoms with van der Waals surface area (Å²) in [7, 11) is 0.